The molecule has 1 aliphatic heterocycles. The second-order valence-electron chi connectivity index (χ2n) is 6.43. The van der Waals surface area contributed by atoms with Crippen LogP contribution in [0.25, 0.3) is 0 Å². The van der Waals surface area contributed by atoms with E-state index < -0.39 is 0 Å². The molecule has 0 aromatic heterocycles. The van der Waals surface area contributed by atoms with Crippen LogP contribution in [0.4, 0.5) is 10.5 Å². The summed E-state index contributed by atoms with van der Waals surface area (Å²) in [7, 11) is 0. The van der Waals surface area contributed by atoms with Gasteiger partial charge in [-0.3, -0.25) is 4.79 Å². The summed E-state index contributed by atoms with van der Waals surface area (Å²) in [5, 5.41) is 5.89. The highest BCUT2D eigenvalue weighted by Gasteiger charge is 2.23. The molecule has 0 bridgehead atoms. The van der Waals surface area contributed by atoms with Crippen molar-refractivity contribution in [3.63, 3.8) is 0 Å². The highest BCUT2D eigenvalue weighted by atomic mass is 127. The van der Waals surface area contributed by atoms with E-state index in [-0.39, 0.29) is 42.0 Å². The van der Waals surface area contributed by atoms with Crippen LogP contribution in [0.15, 0.2) is 29.3 Å². The Hall–Kier alpha value is -2.24. The van der Waals surface area contributed by atoms with Crippen LogP contribution in [0.3, 0.4) is 0 Å². The molecule has 1 aromatic rings. The van der Waals surface area contributed by atoms with E-state index in [1.54, 1.807) is 24.0 Å². The maximum atomic E-state index is 11.7. The molecule has 1 aliphatic rings. The Labute approximate surface area is 188 Å². The van der Waals surface area contributed by atoms with E-state index in [1.807, 2.05) is 12.1 Å². The predicted octanol–water partition coefficient (Wildman–Crippen LogP) is 2.17. The standard InChI is InChI=1S/C19H29N5O4.HI/c1-3-27-19(26)24-10-7-15(8-11-24)23-18(20)21-9-12-28-17-6-4-5-16(13-17)22-14(2)25;/h4-6,13,15H,3,7-12H2,1-2H3,(H,22,25)(H3,20,21,23);1H. The van der Waals surface area contributed by atoms with Gasteiger partial charge in [0.25, 0.3) is 0 Å². The number of amides is 2. The number of nitrogens with zero attached hydrogens (tertiary/aromatic N) is 2. The second kappa shape index (κ2) is 13.1. The van der Waals surface area contributed by atoms with Gasteiger partial charge in [0.2, 0.25) is 5.91 Å². The number of hydrogen-bond donors (Lipinski definition) is 3. The number of nitrogens with one attached hydrogen (secondary N) is 2. The number of benzene rings is 1. The molecule has 0 unspecified atom stereocenters. The van der Waals surface area contributed by atoms with E-state index in [0.29, 0.717) is 50.2 Å². The van der Waals surface area contributed by atoms with E-state index in [0.717, 1.165) is 12.8 Å². The second-order valence-corrected chi connectivity index (χ2v) is 6.43. The molecule has 162 valence electrons. The lowest BCUT2D eigenvalue weighted by molar-refractivity contribution is -0.114. The van der Waals surface area contributed by atoms with Gasteiger partial charge in [0.15, 0.2) is 5.96 Å². The molecule has 0 atom stereocenters. The molecule has 1 heterocycles. The lowest BCUT2D eigenvalue weighted by Gasteiger charge is -2.31. The highest BCUT2D eigenvalue weighted by molar-refractivity contribution is 14.0. The van der Waals surface area contributed by atoms with Crippen molar-refractivity contribution in [3.8, 4) is 5.75 Å². The van der Waals surface area contributed by atoms with E-state index in [2.05, 4.69) is 15.6 Å². The SMILES string of the molecule is CCOC(=O)N1CCC(NC(N)=NCCOc2cccc(NC(C)=O)c2)CC1.I. The van der Waals surface area contributed by atoms with Crippen LogP contribution in [-0.2, 0) is 9.53 Å². The number of carbonyl (C=O) groups is 2. The number of hydrogen-bond acceptors (Lipinski definition) is 5. The summed E-state index contributed by atoms with van der Waals surface area (Å²) in [5.74, 6) is 0.887. The Kier molecular flexibility index (Phi) is 11.2. The Balaban J connectivity index is 0.00000420. The molecule has 0 saturated carbocycles. The summed E-state index contributed by atoms with van der Waals surface area (Å²) in [6.07, 6.45) is 1.32. The first-order chi connectivity index (χ1) is 13.5. The van der Waals surface area contributed by atoms with Gasteiger partial charge in [-0.1, -0.05) is 6.07 Å². The minimum absolute atomic E-state index is 0. The molecular formula is C19H30IN5O4. The van der Waals surface area contributed by atoms with Crippen molar-refractivity contribution in [2.45, 2.75) is 32.7 Å². The molecule has 2 rings (SSSR count). The zero-order valence-corrected chi connectivity index (χ0v) is 19.2. The van der Waals surface area contributed by atoms with Gasteiger partial charge in [-0.25, -0.2) is 9.79 Å². The molecule has 29 heavy (non-hydrogen) atoms. The number of piperidine rings is 1. The fourth-order valence-electron chi connectivity index (χ4n) is 2.87. The molecular weight excluding hydrogens is 489 g/mol. The van der Waals surface area contributed by atoms with Crippen molar-refractivity contribution in [2.75, 3.05) is 38.2 Å². The van der Waals surface area contributed by atoms with E-state index >= 15 is 0 Å². The summed E-state index contributed by atoms with van der Waals surface area (Å²) < 4.78 is 10.6. The van der Waals surface area contributed by atoms with Crippen molar-refractivity contribution >= 4 is 47.6 Å². The number of ether oxygens (including phenoxy) is 2. The summed E-state index contributed by atoms with van der Waals surface area (Å²) in [6, 6.07) is 7.35. The van der Waals surface area contributed by atoms with Crippen molar-refractivity contribution in [1.82, 2.24) is 10.2 Å². The van der Waals surface area contributed by atoms with Crippen LogP contribution in [0, 0.1) is 0 Å². The number of likely N-dealkylation sites (tertiary alicyclic amines) is 1. The van der Waals surface area contributed by atoms with Crippen molar-refractivity contribution in [3.05, 3.63) is 24.3 Å². The van der Waals surface area contributed by atoms with Gasteiger partial charge < -0.3 is 30.7 Å². The lowest BCUT2D eigenvalue weighted by atomic mass is 10.1. The molecule has 1 aromatic carbocycles. The van der Waals surface area contributed by atoms with Crippen LogP contribution in [0.5, 0.6) is 5.75 Å². The zero-order chi connectivity index (χ0) is 20.4. The molecule has 0 spiro atoms. The first-order valence-electron chi connectivity index (χ1n) is 9.46. The zero-order valence-electron chi connectivity index (χ0n) is 16.8. The fraction of sp³-hybridized carbons (Fsp3) is 0.526. The van der Waals surface area contributed by atoms with E-state index in [4.69, 9.17) is 15.2 Å². The molecule has 10 heteroatoms. The third-order valence-electron chi connectivity index (χ3n) is 4.17. The van der Waals surface area contributed by atoms with Gasteiger partial charge in [-0.15, -0.1) is 24.0 Å². The first kappa shape index (κ1) is 24.8. The predicted molar refractivity (Wildman–Crippen MR) is 123 cm³/mol. The van der Waals surface area contributed by atoms with Gasteiger partial charge in [-0.05, 0) is 31.9 Å². The topological polar surface area (TPSA) is 118 Å². The van der Waals surface area contributed by atoms with E-state index in [9.17, 15) is 9.59 Å². The molecule has 0 radical (unpaired) electrons. The molecule has 9 nitrogen and oxygen atoms in total. The molecule has 0 aliphatic carbocycles. The Morgan fingerprint density at radius 3 is 2.69 bits per heavy atom. The average Bonchev–Trinajstić information content (AvgIpc) is 2.66. The highest BCUT2D eigenvalue weighted by Crippen LogP contribution is 2.17. The summed E-state index contributed by atoms with van der Waals surface area (Å²) >= 11 is 0. The average molecular weight is 519 g/mol. The summed E-state index contributed by atoms with van der Waals surface area (Å²) in [6.45, 7) is 5.69. The van der Waals surface area contributed by atoms with Gasteiger partial charge in [0.05, 0.1) is 13.2 Å². The number of halogens is 1. The van der Waals surface area contributed by atoms with Gasteiger partial charge >= 0.3 is 6.09 Å². The smallest absolute Gasteiger partial charge is 0.409 e. The quantitative estimate of drug-likeness (QED) is 0.220. The van der Waals surface area contributed by atoms with Crippen LogP contribution in [0.1, 0.15) is 26.7 Å². The van der Waals surface area contributed by atoms with Crippen molar-refractivity contribution in [2.24, 2.45) is 10.7 Å². The van der Waals surface area contributed by atoms with Gasteiger partial charge in [0, 0.05) is 37.8 Å². The van der Waals surface area contributed by atoms with Crippen LogP contribution < -0.4 is 21.1 Å². The van der Waals surface area contributed by atoms with Crippen molar-refractivity contribution in [1.29, 1.82) is 0 Å². The van der Waals surface area contributed by atoms with Crippen molar-refractivity contribution < 1.29 is 19.1 Å². The fourth-order valence-corrected chi connectivity index (χ4v) is 2.87. The number of anilines is 1. The first-order valence-corrected chi connectivity index (χ1v) is 9.46. The number of carbonyl (C=O) groups excluding carboxylic acids is 2. The van der Waals surface area contributed by atoms with Crippen LogP contribution in [-0.4, -0.2) is 61.7 Å². The Morgan fingerprint density at radius 1 is 1.31 bits per heavy atom. The maximum Gasteiger partial charge on any atom is 0.409 e. The normalized spacial score (nSPS) is 14.6. The summed E-state index contributed by atoms with van der Waals surface area (Å²) in [5.41, 5.74) is 6.62. The van der Waals surface area contributed by atoms with Crippen LogP contribution in [0.2, 0.25) is 0 Å². The minimum atomic E-state index is -0.262. The third-order valence-corrected chi connectivity index (χ3v) is 4.17. The Bertz CT molecular complexity index is 693. The molecule has 1 fully saturated rings. The minimum Gasteiger partial charge on any atom is -0.492 e. The summed E-state index contributed by atoms with van der Waals surface area (Å²) in [4.78, 5) is 28.8. The number of guanidine groups is 1. The van der Waals surface area contributed by atoms with Gasteiger partial charge in [0.1, 0.15) is 12.4 Å². The number of aliphatic imine (C=N–C) groups is 1. The molecule has 2 amide bonds. The van der Waals surface area contributed by atoms with Gasteiger partial charge in [-0.2, -0.15) is 0 Å². The Morgan fingerprint density at radius 2 is 2.03 bits per heavy atom. The van der Waals surface area contributed by atoms with Crippen LogP contribution >= 0.6 is 24.0 Å². The maximum absolute atomic E-state index is 11.7. The van der Waals surface area contributed by atoms with E-state index in [1.165, 1.54) is 6.92 Å². The molecule has 1 saturated heterocycles. The monoisotopic (exact) mass is 519 g/mol. The number of rotatable bonds is 7. The lowest BCUT2D eigenvalue weighted by Crippen LogP contribution is -2.48. The molecule has 4 N–H and O–H groups in total. The third kappa shape index (κ3) is 9.20. The largest absolute Gasteiger partial charge is 0.492 e. The number of nitrogens with two attached hydrogens (primary N) is 1.